The molecule has 1 aliphatic carbocycles. The van der Waals surface area contributed by atoms with Crippen LogP contribution < -0.4 is 5.56 Å². The summed E-state index contributed by atoms with van der Waals surface area (Å²) >= 11 is 1.57. The monoisotopic (exact) mass is 292 g/mol. The fourth-order valence-electron chi connectivity index (χ4n) is 2.74. The summed E-state index contributed by atoms with van der Waals surface area (Å²) in [4.78, 5) is 29.9. The van der Waals surface area contributed by atoms with Crippen LogP contribution >= 0.6 is 11.3 Å². The fourth-order valence-corrected chi connectivity index (χ4v) is 4.08. The first-order valence-electron chi connectivity index (χ1n) is 6.73. The van der Waals surface area contributed by atoms with Gasteiger partial charge in [-0.05, 0) is 37.7 Å². The van der Waals surface area contributed by atoms with Crippen LogP contribution in [0.4, 0.5) is 0 Å². The second-order valence-corrected chi connectivity index (χ2v) is 6.59. The second-order valence-electron chi connectivity index (χ2n) is 5.50. The number of thiophene rings is 1. The lowest BCUT2D eigenvalue weighted by Crippen LogP contribution is -2.28. The molecule has 2 atom stereocenters. The van der Waals surface area contributed by atoms with Gasteiger partial charge in [-0.25, -0.2) is 9.78 Å². The normalized spacial score (nSPS) is 19.8. The van der Waals surface area contributed by atoms with E-state index in [1.165, 1.54) is 22.7 Å². The van der Waals surface area contributed by atoms with Crippen LogP contribution in [0.15, 0.2) is 11.1 Å². The second kappa shape index (κ2) is 4.70. The number of rotatable bonds is 2. The molecule has 2 aromatic rings. The van der Waals surface area contributed by atoms with E-state index in [1.807, 2.05) is 0 Å². The molecular weight excluding hydrogens is 276 g/mol. The number of carbonyl (C=O) groups is 1. The summed E-state index contributed by atoms with van der Waals surface area (Å²) in [5.41, 5.74) is 0.865. The van der Waals surface area contributed by atoms with E-state index in [2.05, 4.69) is 11.9 Å². The maximum atomic E-state index is 12.6. The fraction of sp³-hybridized carbons (Fsp3) is 0.500. The summed E-state index contributed by atoms with van der Waals surface area (Å²) in [6.45, 7) is 3.71. The number of hydrogen-bond donors (Lipinski definition) is 1. The third-order valence-electron chi connectivity index (χ3n) is 4.02. The van der Waals surface area contributed by atoms with Gasteiger partial charge in [-0.3, -0.25) is 9.36 Å². The minimum Gasteiger partial charge on any atom is -0.480 e. The van der Waals surface area contributed by atoms with Gasteiger partial charge >= 0.3 is 5.97 Å². The lowest BCUT2D eigenvalue weighted by Gasteiger charge is -2.17. The van der Waals surface area contributed by atoms with Crippen LogP contribution in [0.25, 0.3) is 10.2 Å². The van der Waals surface area contributed by atoms with Crippen molar-refractivity contribution >= 4 is 27.5 Å². The van der Waals surface area contributed by atoms with E-state index >= 15 is 0 Å². The largest absolute Gasteiger partial charge is 0.480 e. The molecule has 20 heavy (non-hydrogen) atoms. The van der Waals surface area contributed by atoms with E-state index in [1.54, 1.807) is 11.3 Å². The van der Waals surface area contributed by atoms with Crippen LogP contribution in [0.2, 0.25) is 0 Å². The maximum Gasteiger partial charge on any atom is 0.326 e. The molecule has 0 radical (unpaired) electrons. The molecule has 0 bridgehead atoms. The van der Waals surface area contributed by atoms with Gasteiger partial charge in [0.15, 0.2) is 0 Å². The Morgan fingerprint density at radius 2 is 2.35 bits per heavy atom. The first-order chi connectivity index (χ1) is 9.49. The first-order valence-corrected chi connectivity index (χ1v) is 7.55. The van der Waals surface area contributed by atoms with Gasteiger partial charge in [0.2, 0.25) is 0 Å². The van der Waals surface area contributed by atoms with Crippen molar-refractivity contribution in [2.45, 2.75) is 39.2 Å². The van der Waals surface area contributed by atoms with Crippen LogP contribution in [0.5, 0.6) is 0 Å². The highest BCUT2D eigenvalue weighted by atomic mass is 32.1. The Labute approximate surface area is 119 Å². The predicted molar refractivity (Wildman–Crippen MR) is 77.4 cm³/mol. The molecule has 3 rings (SSSR count). The lowest BCUT2D eigenvalue weighted by atomic mass is 9.89. The zero-order valence-electron chi connectivity index (χ0n) is 11.4. The van der Waals surface area contributed by atoms with Crippen LogP contribution in [0, 0.1) is 5.92 Å². The van der Waals surface area contributed by atoms with Crippen LogP contribution in [0.3, 0.4) is 0 Å². The van der Waals surface area contributed by atoms with Gasteiger partial charge in [0.1, 0.15) is 10.9 Å². The third kappa shape index (κ3) is 1.95. The van der Waals surface area contributed by atoms with Gasteiger partial charge in [-0.15, -0.1) is 11.3 Å². The maximum absolute atomic E-state index is 12.6. The zero-order valence-corrected chi connectivity index (χ0v) is 12.2. The summed E-state index contributed by atoms with van der Waals surface area (Å²) in [5, 5.41) is 9.70. The van der Waals surface area contributed by atoms with Gasteiger partial charge in [0.05, 0.1) is 11.7 Å². The molecule has 2 heterocycles. The van der Waals surface area contributed by atoms with E-state index in [4.69, 9.17) is 5.11 Å². The highest BCUT2D eigenvalue weighted by Crippen LogP contribution is 2.35. The quantitative estimate of drug-likeness (QED) is 0.921. The number of carboxylic acid groups (broad SMARTS) is 1. The van der Waals surface area contributed by atoms with Gasteiger partial charge in [-0.2, -0.15) is 0 Å². The molecule has 0 unspecified atom stereocenters. The third-order valence-corrected chi connectivity index (χ3v) is 5.18. The smallest absolute Gasteiger partial charge is 0.326 e. The van der Waals surface area contributed by atoms with Gasteiger partial charge < -0.3 is 5.11 Å². The molecule has 1 aliphatic rings. The summed E-state index contributed by atoms with van der Waals surface area (Å²) in [5.74, 6) is -0.387. The molecule has 0 saturated heterocycles. The topological polar surface area (TPSA) is 72.2 Å². The van der Waals surface area contributed by atoms with Gasteiger partial charge in [-0.1, -0.05) is 6.92 Å². The van der Waals surface area contributed by atoms with E-state index in [0.29, 0.717) is 11.3 Å². The van der Waals surface area contributed by atoms with Crippen molar-refractivity contribution in [3.63, 3.8) is 0 Å². The molecule has 0 saturated carbocycles. The Kier molecular flexibility index (Phi) is 3.12. The number of aliphatic carboxylic acids is 1. The molecule has 0 fully saturated rings. The molecule has 106 valence electrons. The van der Waals surface area contributed by atoms with Gasteiger partial charge in [0, 0.05) is 4.88 Å². The lowest BCUT2D eigenvalue weighted by molar-refractivity contribution is -0.140. The molecular formula is C14H16N2O3S. The predicted octanol–water partition coefficient (Wildman–Crippen LogP) is 2.23. The average Bonchev–Trinajstić information content (AvgIpc) is 2.76. The van der Waals surface area contributed by atoms with E-state index in [-0.39, 0.29) is 5.56 Å². The highest BCUT2D eigenvalue weighted by molar-refractivity contribution is 7.18. The molecule has 0 aliphatic heterocycles. The van der Waals surface area contributed by atoms with Crippen molar-refractivity contribution in [3.05, 3.63) is 27.1 Å². The number of aromatic nitrogens is 2. The Balaban J connectivity index is 2.23. The molecule has 2 aromatic heterocycles. The van der Waals surface area contributed by atoms with Crippen LogP contribution in [0.1, 0.15) is 36.8 Å². The average molecular weight is 292 g/mol. The zero-order chi connectivity index (χ0) is 14.4. The number of hydrogen-bond acceptors (Lipinski definition) is 4. The van der Waals surface area contributed by atoms with E-state index in [0.717, 1.165) is 29.7 Å². The summed E-state index contributed by atoms with van der Waals surface area (Å²) in [6, 6.07) is -0.891. The van der Waals surface area contributed by atoms with Crippen molar-refractivity contribution in [3.8, 4) is 0 Å². The van der Waals surface area contributed by atoms with Crippen LogP contribution in [-0.4, -0.2) is 20.6 Å². The van der Waals surface area contributed by atoms with Crippen LogP contribution in [-0.2, 0) is 17.6 Å². The van der Waals surface area contributed by atoms with Crippen molar-refractivity contribution in [2.24, 2.45) is 5.92 Å². The molecule has 6 heteroatoms. The number of nitrogens with zero attached hydrogens (tertiary/aromatic N) is 2. The summed E-state index contributed by atoms with van der Waals surface area (Å²) in [6.07, 6.45) is 4.31. The van der Waals surface area contributed by atoms with Crippen molar-refractivity contribution in [1.29, 1.82) is 0 Å². The minimum atomic E-state index is -1.02. The number of aryl methyl sites for hydroxylation is 1. The SMILES string of the molecule is C[C@H]1CCc2c(sc3ncn([C@H](C)C(=O)O)c(=O)c23)C1. The Hall–Kier alpha value is -1.69. The number of fused-ring (bicyclic) bond motifs is 3. The van der Waals surface area contributed by atoms with Crippen molar-refractivity contribution in [2.75, 3.05) is 0 Å². The van der Waals surface area contributed by atoms with E-state index < -0.39 is 12.0 Å². The molecule has 0 aromatic carbocycles. The standard InChI is InChI=1S/C14H16N2O3S/c1-7-3-4-9-10(5-7)20-12-11(9)13(17)16(6-15-12)8(2)14(18)19/h6-8H,3-5H2,1-2H3,(H,18,19)/t7-,8+/m0/s1. The number of carboxylic acids is 1. The van der Waals surface area contributed by atoms with Gasteiger partial charge in [0.25, 0.3) is 5.56 Å². The highest BCUT2D eigenvalue weighted by Gasteiger charge is 2.24. The molecule has 5 nitrogen and oxygen atoms in total. The van der Waals surface area contributed by atoms with Crippen molar-refractivity contribution in [1.82, 2.24) is 9.55 Å². The summed E-state index contributed by atoms with van der Waals surface area (Å²) in [7, 11) is 0. The van der Waals surface area contributed by atoms with Crippen molar-refractivity contribution < 1.29 is 9.90 Å². The Morgan fingerprint density at radius 1 is 1.60 bits per heavy atom. The Bertz CT molecular complexity index is 747. The summed E-state index contributed by atoms with van der Waals surface area (Å²) < 4.78 is 1.22. The Morgan fingerprint density at radius 3 is 3.05 bits per heavy atom. The molecule has 0 spiro atoms. The molecule has 1 N–H and O–H groups in total. The van der Waals surface area contributed by atoms with E-state index in [9.17, 15) is 9.59 Å². The first kappa shape index (κ1) is 13.3. The minimum absolute atomic E-state index is 0.225. The molecule has 0 amide bonds.